The molecule has 0 aromatic rings. The van der Waals surface area contributed by atoms with Crippen LogP contribution in [0.2, 0.25) is 0 Å². The molecule has 1 N–H and O–H groups in total. The Balaban J connectivity index is 1.62. The summed E-state index contributed by atoms with van der Waals surface area (Å²) in [5.74, 6) is 1.04. The zero-order chi connectivity index (χ0) is 14.9. The maximum Gasteiger partial charge on any atom is 0.00967 e. The topological polar surface area (TPSA) is 15.3 Å². The van der Waals surface area contributed by atoms with Gasteiger partial charge in [-0.3, -0.25) is 4.90 Å². The Hall–Kier alpha value is -0.0800. The molecule has 3 aliphatic carbocycles. The van der Waals surface area contributed by atoms with Crippen molar-refractivity contribution in [2.24, 2.45) is 11.3 Å². The molecular weight excluding hydrogens is 256 g/mol. The highest BCUT2D eigenvalue weighted by Crippen LogP contribution is 2.41. The molecule has 0 amide bonds. The van der Waals surface area contributed by atoms with Crippen molar-refractivity contribution < 1.29 is 0 Å². The second-order valence-corrected chi connectivity index (χ2v) is 9.27. The number of nitrogens with one attached hydrogen (secondary N) is 1. The standard InChI is InChI=1S/C19H36N2/c1-18(2,3)20-14-19(11-5-4-6-12-19)15-21(17-9-10-17)13-16-7-8-16/h16-17,20H,4-15H2,1-3H3. The van der Waals surface area contributed by atoms with E-state index >= 15 is 0 Å². The number of nitrogens with zero attached hydrogens (tertiary/aromatic N) is 1. The zero-order valence-electron chi connectivity index (χ0n) is 14.6. The third-order valence-corrected chi connectivity index (χ3v) is 5.70. The van der Waals surface area contributed by atoms with Crippen molar-refractivity contribution in [3.8, 4) is 0 Å². The maximum atomic E-state index is 3.84. The average molecular weight is 293 g/mol. The van der Waals surface area contributed by atoms with E-state index in [0.29, 0.717) is 5.41 Å². The van der Waals surface area contributed by atoms with Crippen molar-refractivity contribution in [2.45, 2.75) is 90.1 Å². The van der Waals surface area contributed by atoms with Gasteiger partial charge in [-0.25, -0.2) is 0 Å². The normalized spacial score (nSPS) is 26.3. The quantitative estimate of drug-likeness (QED) is 0.756. The molecule has 122 valence electrons. The second-order valence-electron chi connectivity index (χ2n) is 9.27. The van der Waals surface area contributed by atoms with Crippen LogP contribution in [0.25, 0.3) is 0 Å². The molecule has 2 nitrogen and oxygen atoms in total. The molecule has 0 heterocycles. The van der Waals surface area contributed by atoms with E-state index in [-0.39, 0.29) is 5.54 Å². The lowest BCUT2D eigenvalue weighted by atomic mass is 9.73. The Morgan fingerprint density at radius 2 is 1.67 bits per heavy atom. The fraction of sp³-hybridized carbons (Fsp3) is 1.00. The minimum atomic E-state index is 0.255. The molecule has 0 atom stereocenters. The summed E-state index contributed by atoms with van der Waals surface area (Å²) >= 11 is 0. The van der Waals surface area contributed by atoms with Crippen LogP contribution in [0.3, 0.4) is 0 Å². The minimum Gasteiger partial charge on any atom is -0.311 e. The van der Waals surface area contributed by atoms with Crippen molar-refractivity contribution in [1.82, 2.24) is 10.2 Å². The van der Waals surface area contributed by atoms with Gasteiger partial charge in [-0.2, -0.15) is 0 Å². The summed E-state index contributed by atoms with van der Waals surface area (Å²) in [6, 6.07) is 0.944. The number of rotatable bonds is 7. The molecule has 0 radical (unpaired) electrons. The molecule has 0 aliphatic heterocycles. The first-order chi connectivity index (χ1) is 9.96. The third-order valence-electron chi connectivity index (χ3n) is 5.70. The highest BCUT2D eigenvalue weighted by molar-refractivity contribution is 4.95. The lowest BCUT2D eigenvalue weighted by Gasteiger charge is -2.43. The molecule has 3 aliphatic rings. The van der Waals surface area contributed by atoms with E-state index in [4.69, 9.17) is 0 Å². The van der Waals surface area contributed by atoms with E-state index in [2.05, 4.69) is 31.0 Å². The highest BCUT2D eigenvalue weighted by Gasteiger charge is 2.40. The Morgan fingerprint density at radius 1 is 1.00 bits per heavy atom. The van der Waals surface area contributed by atoms with E-state index in [1.165, 1.54) is 77.4 Å². The van der Waals surface area contributed by atoms with Crippen LogP contribution in [-0.4, -0.2) is 36.1 Å². The molecule has 2 heteroatoms. The van der Waals surface area contributed by atoms with Gasteiger partial charge in [0.1, 0.15) is 0 Å². The Labute approximate surface area is 132 Å². The van der Waals surface area contributed by atoms with Crippen LogP contribution in [0.1, 0.15) is 78.6 Å². The summed E-state index contributed by atoms with van der Waals surface area (Å²) in [4.78, 5) is 2.90. The van der Waals surface area contributed by atoms with Crippen molar-refractivity contribution in [3.05, 3.63) is 0 Å². The lowest BCUT2D eigenvalue weighted by Crippen LogP contribution is -2.50. The van der Waals surface area contributed by atoms with Crippen LogP contribution in [0.4, 0.5) is 0 Å². The summed E-state index contributed by atoms with van der Waals surface area (Å²) in [6.45, 7) is 10.9. The summed E-state index contributed by atoms with van der Waals surface area (Å²) in [6.07, 6.45) is 13.2. The monoisotopic (exact) mass is 292 g/mol. The molecule has 0 unspecified atom stereocenters. The zero-order valence-corrected chi connectivity index (χ0v) is 14.6. The first-order valence-electron chi connectivity index (χ1n) is 9.45. The lowest BCUT2D eigenvalue weighted by molar-refractivity contribution is 0.0873. The van der Waals surface area contributed by atoms with Crippen molar-refractivity contribution in [2.75, 3.05) is 19.6 Å². The van der Waals surface area contributed by atoms with Gasteiger partial charge >= 0.3 is 0 Å². The summed E-state index contributed by atoms with van der Waals surface area (Å²) in [5, 5.41) is 3.84. The Kier molecular flexibility index (Phi) is 4.66. The highest BCUT2D eigenvalue weighted by atomic mass is 15.2. The molecule has 3 fully saturated rings. The predicted molar refractivity (Wildman–Crippen MR) is 90.6 cm³/mol. The van der Waals surface area contributed by atoms with Gasteiger partial charge in [-0.05, 0) is 70.6 Å². The number of hydrogen-bond donors (Lipinski definition) is 1. The maximum absolute atomic E-state index is 3.84. The second kappa shape index (κ2) is 6.20. The molecular formula is C19H36N2. The minimum absolute atomic E-state index is 0.255. The Morgan fingerprint density at radius 3 is 2.19 bits per heavy atom. The van der Waals surface area contributed by atoms with Crippen LogP contribution in [0.5, 0.6) is 0 Å². The van der Waals surface area contributed by atoms with Crippen molar-refractivity contribution >= 4 is 0 Å². The fourth-order valence-corrected chi connectivity index (χ4v) is 3.99. The molecule has 0 aromatic carbocycles. The van der Waals surface area contributed by atoms with Crippen LogP contribution in [0.15, 0.2) is 0 Å². The van der Waals surface area contributed by atoms with E-state index in [9.17, 15) is 0 Å². The van der Waals surface area contributed by atoms with Crippen LogP contribution in [-0.2, 0) is 0 Å². The molecule has 3 rings (SSSR count). The first-order valence-corrected chi connectivity index (χ1v) is 9.45. The fourth-order valence-electron chi connectivity index (χ4n) is 3.99. The molecule has 0 bridgehead atoms. The molecule has 0 spiro atoms. The molecule has 0 aromatic heterocycles. The first kappa shape index (κ1) is 15.8. The SMILES string of the molecule is CC(C)(C)NCC1(CN(CC2CC2)C2CC2)CCCCC1. The summed E-state index contributed by atoms with van der Waals surface area (Å²) in [7, 11) is 0. The van der Waals surface area contributed by atoms with Crippen LogP contribution >= 0.6 is 0 Å². The van der Waals surface area contributed by atoms with Crippen LogP contribution < -0.4 is 5.32 Å². The smallest absolute Gasteiger partial charge is 0.00967 e. The number of hydrogen-bond acceptors (Lipinski definition) is 2. The molecule has 21 heavy (non-hydrogen) atoms. The van der Waals surface area contributed by atoms with Gasteiger partial charge in [0, 0.05) is 31.2 Å². The summed E-state index contributed by atoms with van der Waals surface area (Å²) in [5.41, 5.74) is 0.814. The van der Waals surface area contributed by atoms with Gasteiger partial charge in [0.05, 0.1) is 0 Å². The largest absolute Gasteiger partial charge is 0.311 e. The van der Waals surface area contributed by atoms with Gasteiger partial charge in [0.15, 0.2) is 0 Å². The van der Waals surface area contributed by atoms with Gasteiger partial charge in [0.25, 0.3) is 0 Å². The van der Waals surface area contributed by atoms with Gasteiger partial charge in [-0.15, -0.1) is 0 Å². The van der Waals surface area contributed by atoms with Crippen LogP contribution in [0, 0.1) is 11.3 Å². The van der Waals surface area contributed by atoms with Gasteiger partial charge in [-0.1, -0.05) is 19.3 Å². The van der Waals surface area contributed by atoms with Crippen molar-refractivity contribution in [1.29, 1.82) is 0 Å². The van der Waals surface area contributed by atoms with E-state index in [1.807, 2.05) is 0 Å². The third kappa shape index (κ3) is 4.96. The average Bonchev–Trinajstić information content (AvgIpc) is 3.28. The molecule has 0 saturated heterocycles. The van der Waals surface area contributed by atoms with Gasteiger partial charge in [0.2, 0.25) is 0 Å². The predicted octanol–water partition coefficient (Wildman–Crippen LogP) is 4.20. The van der Waals surface area contributed by atoms with Gasteiger partial charge < -0.3 is 5.32 Å². The van der Waals surface area contributed by atoms with Crippen molar-refractivity contribution in [3.63, 3.8) is 0 Å². The van der Waals surface area contributed by atoms with E-state index < -0.39 is 0 Å². The van der Waals surface area contributed by atoms with E-state index in [1.54, 1.807) is 0 Å². The summed E-state index contributed by atoms with van der Waals surface area (Å²) < 4.78 is 0. The van der Waals surface area contributed by atoms with E-state index in [0.717, 1.165) is 12.0 Å². The molecule has 3 saturated carbocycles. The Bertz CT molecular complexity index is 330.